The lowest BCUT2D eigenvalue weighted by Crippen LogP contribution is -2.49. The molecule has 3 saturated carbocycles. The highest BCUT2D eigenvalue weighted by molar-refractivity contribution is 5.91. The van der Waals surface area contributed by atoms with Gasteiger partial charge < -0.3 is 0 Å². The fraction of sp³-hybridized carbons (Fsp3) is 0.870. The number of carbonyl (C=O) groups is 1. The van der Waals surface area contributed by atoms with Gasteiger partial charge in [0.15, 0.2) is 5.78 Å². The first-order valence-corrected chi connectivity index (χ1v) is 10.6. The van der Waals surface area contributed by atoms with E-state index in [4.69, 9.17) is 0 Å². The second-order valence-corrected chi connectivity index (χ2v) is 10.1. The van der Waals surface area contributed by atoms with Crippen LogP contribution in [0.15, 0.2) is 11.6 Å². The summed E-state index contributed by atoms with van der Waals surface area (Å²) in [5, 5.41) is 0. The molecule has 0 aromatic rings. The van der Waals surface area contributed by atoms with Crippen LogP contribution in [0.2, 0.25) is 0 Å². The molecular weight excluding hydrogens is 292 g/mol. The lowest BCUT2D eigenvalue weighted by molar-refractivity contribution is -0.116. The number of fused-ring (bicyclic) bond motifs is 5. The molecule has 0 heterocycles. The Bertz CT molecular complexity index is 560. The van der Waals surface area contributed by atoms with Crippen molar-refractivity contribution in [2.45, 2.75) is 85.5 Å². The molecule has 4 aliphatic rings. The van der Waals surface area contributed by atoms with Crippen molar-refractivity contribution in [3.8, 4) is 0 Å². The van der Waals surface area contributed by atoms with E-state index in [0.29, 0.717) is 16.6 Å². The maximum absolute atomic E-state index is 11.8. The fourth-order valence-corrected chi connectivity index (χ4v) is 7.90. The van der Waals surface area contributed by atoms with E-state index in [1.807, 2.05) is 6.08 Å². The number of hydrogen-bond donors (Lipinski definition) is 0. The van der Waals surface area contributed by atoms with Crippen LogP contribution in [0.5, 0.6) is 0 Å². The molecule has 7 atom stereocenters. The van der Waals surface area contributed by atoms with Gasteiger partial charge in [0.1, 0.15) is 0 Å². The van der Waals surface area contributed by atoms with Gasteiger partial charge in [0, 0.05) is 6.42 Å². The third-order valence-electron chi connectivity index (χ3n) is 9.46. The van der Waals surface area contributed by atoms with E-state index < -0.39 is 0 Å². The Morgan fingerprint density at radius 1 is 1.12 bits per heavy atom. The van der Waals surface area contributed by atoms with Gasteiger partial charge in [-0.3, -0.25) is 4.79 Å². The van der Waals surface area contributed by atoms with Crippen LogP contribution < -0.4 is 0 Å². The Kier molecular flexibility index (Phi) is 4.01. The average molecular weight is 329 g/mol. The van der Waals surface area contributed by atoms with Gasteiger partial charge in [-0.15, -0.1) is 0 Å². The predicted molar refractivity (Wildman–Crippen MR) is 99.7 cm³/mol. The molecule has 4 rings (SSSR count). The molecular formula is C23H36O. The molecule has 0 spiro atoms. The largest absolute Gasteiger partial charge is 0.295 e. The van der Waals surface area contributed by atoms with Crippen molar-refractivity contribution in [1.82, 2.24) is 0 Å². The summed E-state index contributed by atoms with van der Waals surface area (Å²) in [5.41, 5.74) is 2.61. The first-order valence-electron chi connectivity index (χ1n) is 10.6. The average Bonchev–Trinajstić information content (AvgIpc) is 2.75. The molecule has 1 heteroatoms. The molecule has 4 aliphatic carbocycles. The standard InChI is InChI=1S/C23H36O/c1-5-11-22(3)15(2)13-21-20-8-6-16-14-17(24)7-9-18(16)19(20)10-12-23(21,22)4/h14-15,18-21H,5-13H2,1-4H3/t15-,18?,19?,20?,21?,22?,23?/m0/s1. The minimum Gasteiger partial charge on any atom is -0.295 e. The summed E-state index contributed by atoms with van der Waals surface area (Å²) in [7, 11) is 0. The van der Waals surface area contributed by atoms with Gasteiger partial charge in [0.2, 0.25) is 0 Å². The SMILES string of the molecule is CCCC1(C)[C@@H](C)CC2C3CCC4=CC(=O)CCC4C3CCC21C. The van der Waals surface area contributed by atoms with Gasteiger partial charge in [-0.1, -0.05) is 39.7 Å². The molecule has 0 aromatic carbocycles. The molecule has 0 saturated heterocycles. The number of ketones is 1. The maximum Gasteiger partial charge on any atom is 0.155 e. The zero-order valence-corrected chi connectivity index (χ0v) is 16.2. The molecule has 0 aliphatic heterocycles. The third kappa shape index (κ3) is 2.15. The molecule has 1 nitrogen and oxygen atoms in total. The van der Waals surface area contributed by atoms with Gasteiger partial charge in [0.05, 0.1) is 0 Å². The zero-order valence-electron chi connectivity index (χ0n) is 16.2. The van der Waals surface area contributed by atoms with Crippen LogP contribution in [-0.4, -0.2) is 5.78 Å². The third-order valence-corrected chi connectivity index (χ3v) is 9.46. The van der Waals surface area contributed by atoms with Gasteiger partial charge in [-0.05, 0) is 91.4 Å². The first-order chi connectivity index (χ1) is 11.4. The monoisotopic (exact) mass is 328 g/mol. The van der Waals surface area contributed by atoms with E-state index >= 15 is 0 Å². The lowest BCUT2D eigenvalue weighted by atomic mass is 9.48. The Hall–Kier alpha value is -0.590. The van der Waals surface area contributed by atoms with Crippen molar-refractivity contribution in [2.75, 3.05) is 0 Å². The summed E-state index contributed by atoms with van der Waals surface area (Å²) in [5.74, 6) is 4.76. The summed E-state index contributed by atoms with van der Waals surface area (Å²) in [6.45, 7) is 10.2. The van der Waals surface area contributed by atoms with Crippen LogP contribution in [0.4, 0.5) is 0 Å². The highest BCUT2D eigenvalue weighted by atomic mass is 16.1. The highest BCUT2D eigenvalue weighted by Gasteiger charge is 2.62. The van der Waals surface area contributed by atoms with Crippen molar-refractivity contribution in [2.24, 2.45) is 40.4 Å². The predicted octanol–water partition coefficient (Wildman–Crippen LogP) is 6.18. The van der Waals surface area contributed by atoms with Gasteiger partial charge in [0.25, 0.3) is 0 Å². The van der Waals surface area contributed by atoms with Crippen LogP contribution in [0.25, 0.3) is 0 Å². The second kappa shape index (κ2) is 5.71. The summed E-state index contributed by atoms with van der Waals surface area (Å²) >= 11 is 0. The number of carbonyl (C=O) groups excluding carboxylic acids is 1. The van der Waals surface area contributed by atoms with Gasteiger partial charge in [-0.2, -0.15) is 0 Å². The minimum atomic E-state index is 0.394. The van der Waals surface area contributed by atoms with Crippen molar-refractivity contribution in [3.63, 3.8) is 0 Å². The van der Waals surface area contributed by atoms with E-state index in [1.54, 1.807) is 0 Å². The van der Waals surface area contributed by atoms with E-state index in [-0.39, 0.29) is 0 Å². The van der Waals surface area contributed by atoms with Crippen molar-refractivity contribution < 1.29 is 4.79 Å². The van der Waals surface area contributed by atoms with E-state index in [9.17, 15) is 4.79 Å². The number of hydrogen-bond acceptors (Lipinski definition) is 1. The van der Waals surface area contributed by atoms with Gasteiger partial charge >= 0.3 is 0 Å². The summed E-state index contributed by atoms with van der Waals surface area (Å²) in [6.07, 6.45) is 13.6. The minimum absolute atomic E-state index is 0.394. The van der Waals surface area contributed by atoms with Crippen LogP contribution in [0.1, 0.15) is 85.5 Å². The van der Waals surface area contributed by atoms with Crippen LogP contribution >= 0.6 is 0 Å². The fourth-order valence-electron chi connectivity index (χ4n) is 7.90. The Morgan fingerprint density at radius 3 is 2.67 bits per heavy atom. The van der Waals surface area contributed by atoms with E-state index in [1.165, 1.54) is 50.5 Å². The molecule has 0 amide bonds. The quantitative estimate of drug-likeness (QED) is 0.591. The molecule has 24 heavy (non-hydrogen) atoms. The normalized spacial score (nSPS) is 50.8. The number of rotatable bonds is 2. The Balaban J connectivity index is 1.64. The molecule has 134 valence electrons. The second-order valence-electron chi connectivity index (χ2n) is 10.1. The molecule has 3 fully saturated rings. The van der Waals surface area contributed by atoms with E-state index in [2.05, 4.69) is 27.7 Å². The van der Waals surface area contributed by atoms with Gasteiger partial charge in [-0.25, -0.2) is 0 Å². The zero-order chi connectivity index (χ0) is 17.1. The van der Waals surface area contributed by atoms with Crippen LogP contribution in [0.3, 0.4) is 0 Å². The molecule has 0 bridgehead atoms. The number of allylic oxidation sites excluding steroid dienone is 1. The molecule has 0 aromatic heterocycles. The molecule has 6 unspecified atom stereocenters. The smallest absolute Gasteiger partial charge is 0.155 e. The molecule has 0 radical (unpaired) electrons. The highest BCUT2D eigenvalue weighted by Crippen LogP contribution is 2.70. The Morgan fingerprint density at radius 2 is 1.92 bits per heavy atom. The maximum atomic E-state index is 11.8. The van der Waals surface area contributed by atoms with Crippen LogP contribution in [0, 0.1) is 40.4 Å². The summed E-state index contributed by atoms with van der Waals surface area (Å²) in [6, 6.07) is 0. The van der Waals surface area contributed by atoms with Crippen molar-refractivity contribution >= 4 is 5.78 Å². The Labute approximate surface area is 148 Å². The van der Waals surface area contributed by atoms with Crippen molar-refractivity contribution in [1.29, 1.82) is 0 Å². The van der Waals surface area contributed by atoms with Crippen LogP contribution in [-0.2, 0) is 4.79 Å². The topological polar surface area (TPSA) is 17.1 Å². The lowest BCUT2D eigenvalue weighted by Gasteiger charge is -2.57. The summed E-state index contributed by atoms with van der Waals surface area (Å²) in [4.78, 5) is 11.8. The van der Waals surface area contributed by atoms with E-state index in [0.717, 1.165) is 42.4 Å². The summed E-state index contributed by atoms with van der Waals surface area (Å²) < 4.78 is 0. The molecule has 0 N–H and O–H groups in total. The first kappa shape index (κ1) is 16.9. The van der Waals surface area contributed by atoms with Crippen molar-refractivity contribution in [3.05, 3.63) is 11.6 Å².